The van der Waals surface area contributed by atoms with Crippen molar-refractivity contribution in [2.24, 2.45) is 29.4 Å². The zero-order valence-electron chi connectivity index (χ0n) is 22.7. The fourth-order valence-electron chi connectivity index (χ4n) is 6.24. The summed E-state index contributed by atoms with van der Waals surface area (Å²) in [5, 5.41) is 23.5. The zero-order valence-corrected chi connectivity index (χ0v) is 22.7. The molecule has 0 radical (unpaired) electrons. The van der Waals surface area contributed by atoms with Gasteiger partial charge in [-0.25, -0.2) is 0 Å². The summed E-state index contributed by atoms with van der Waals surface area (Å²) >= 11 is 0. The molecule has 1 saturated carbocycles. The van der Waals surface area contributed by atoms with Crippen molar-refractivity contribution in [3.8, 4) is 0 Å². The Kier molecular flexibility index (Phi) is 13.6. The minimum Gasteiger partial charge on any atom is -0.462 e. The summed E-state index contributed by atoms with van der Waals surface area (Å²) in [4.78, 5) is 23.7. The molecule has 2 aliphatic rings. The quantitative estimate of drug-likeness (QED) is 0.257. The average molecular weight is 515 g/mol. The van der Waals surface area contributed by atoms with Crippen LogP contribution in [0.15, 0.2) is 0 Å². The lowest BCUT2D eigenvalue weighted by Gasteiger charge is -2.45. The molecule has 1 heterocycles. The predicted molar refractivity (Wildman–Crippen MR) is 137 cm³/mol. The molecule has 6 unspecified atom stereocenters. The highest BCUT2D eigenvalue weighted by atomic mass is 16.6. The van der Waals surface area contributed by atoms with E-state index in [9.17, 15) is 19.8 Å². The number of esters is 2. The Bertz CT molecular complexity index is 660. The molecule has 0 aromatic carbocycles. The molecule has 9 atom stereocenters. The first-order valence-electron chi connectivity index (χ1n) is 13.8. The third kappa shape index (κ3) is 10.2. The van der Waals surface area contributed by atoms with E-state index in [1.54, 1.807) is 7.11 Å². The van der Waals surface area contributed by atoms with Crippen LogP contribution in [0.4, 0.5) is 0 Å². The monoisotopic (exact) mass is 514 g/mol. The third-order valence-corrected chi connectivity index (χ3v) is 8.25. The maximum absolute atomic E-state index is 11.9. The van der Waals surface area contributed by atoms with Crippen molar-refractivity contribution in [3.63, 3.8) is 0 Å². The fraction of sp³-hybridized carbons (Fsp3) is 0.926. The van der Waals surface area contributed by atoms with Gasteiger partial charge in [0.15, 0.2) is 0 Å². The number of hydrogen-bond donors (Lipinski definition) is 4. The second-order valence-electron chi connectivity index (χ2n) is 10.9. The molecule has 36 heavy (non-hydrogen) atoms. The van der Waals surface area contributed by atoms with Gasteiger partial charge in [-0.3, -0.25) is 9.59 Å². The molecule has 0 bridgehead atoms. The van der Waals surface area contributed by atoms with E-state index in [1.165, 1.54) is 13.8 Å². The van der Waals surface area contributed by atoms with E-state index >= 15 is 0 Å². The Hall–Kier alpha value is -1.26. The normalized spacial score (nSPS) is 31.3. The van der Waals surface area contributed by atoms with Crippen molar-refractivity contribution in [1.82, 2.24) is 5.32 Å². The number of carbonyl (C=O) groups excluding carboxylic acids is 2. The Balaban J connectivity index is 2.09. The molecule has 1 aliphatic carbocycles. The topological polar surface area (TPSA) is 140 Å². The van der Waals surface area contributed by atoms with Crippen molar-refractivity contribution < 1.29 is 34.0 Å². The van der Waals surface area contributed by atoms with Crippen LogP contribution in [0.5, 0.6) is 0 Å². The fourth-order valence-corrected chi connectivity index (χ4v) is 6.24. The van der Waals surface area contributed by atoms with Crippen molar-refractivity contribution in [3.05, 3.63) is 0 Å². The number of aliphatic hydroxyl groups excluding tert-OH is 2. The minimum absolute atomic E-state index is 0.0224. The van der Waals surface area contributed by atoms with E-state index < -0.39 is 6.10 Å². The Morgan fingerprint density at radius 1 is 1.06 bits per heavy atom. The molecule has 1 aliphatic heterocycles. The van der Waals surface area contributed by atoms with Gasteiger partial charge >= 0.3 is 11.9 Å². The maximum Gasteiger partial charge on any atom is 0.302 e. The van der Waals surface area contributed by atoms with Gasteiger partial charge in [0.05, 0.1) is 18.4 Å². The molecule has 2 fully saturated rings. The lowest BCUT2D eigenvalue weighted by Crippen LogP contribution is -2.49. The molecule has 5 N–H and O–H groups in total. The third-order valence-electron chi connectivity index (χ3n) is 8.25. The summed E-state index contributed by atoms with van der Waals surface area (Å²) in [5.74, 6) is 0.536. The number of hydrogen-bond acceptors (Lipinski definition) is 9. The van der Waals surface area contributed by atoms with Gasteiger partial charge in [0.1, 0.15) is 12.2 Å². The Morgan fingerprint density at radius 3 is 2.28 bits per heavy atom. The SMILES string of the molecule is CC[C@H](CO)CC[C@@H](C[C@@H](CCC1CC(OC)C(O)CC1C1CCNC(N)C1)OC(C)=O)OC(C)=O. The van der Waals surface area contributed by atoms with Gasteiger partial charge in [0, 0.05) is 34.0 Å². The van der Waals surface area contributed by atoms with Gasteiger partial charge in [-0.2, -0.15) is 0 Å². The zero-order chi connectivity index (χ0) is 26.7. The Morgan fingerprint density at radius 2 is 1.72 bits per heavy atom. The minimum atomic E-state index is -0.488. The highest BCUT2D eigenvalue weighted by molar-refractivity contribution is 5.66. The smallest absolute Gasteiger partial charge is 0.302 e. The molecule has 0 amide bonds. The first-order chi connectivity index (χ1) is 17.2. The van der Waals surface area contributed by atoms with Crippen molar-refractivity contribution in [1.29, 1.82) is 0 Å². The highest BCUT2D eigenvalue weighted by Gasteiger charge is 2.41. The van der Waals surface area contributed by atoms with Crippen molar-refractivity contribution in [2.45, 2.75) is 116 Å². The van der Waals surface area contributed by atoms with Crippen LogP contribution >= 0.6 is 0 Å². The summed E-state index contributed by atoms with van der Waals surface area (Å²) in [7, 11) is 1.65. The number of rotatable bonds is 14. The van der Waals surface area contributed by atoms with Gasteiger partial charge in [-0.05, 0) is 81.6 Å². The van der Waals surface area contributed by atoms with Crippen LogP contribution in [0.1, 0.15) is 85.0 Å². The van der Waals surface area contributed by atoms with Crippen LogP contribution in [0.25, 0.3) is 0 Å². The second kappa shape index (κ2) is 15.9. The van der Waals surface area contributed by atoms with E-state index in [0.717, 1.165) is 45.1 Å². The summed E-state index contributed by atoms with van der Waals surface area (Å²) in [6, 6.07) is 0. The van der Waals surface area contributed by atoms with E-state index in [4.69, 9.17) is 19.9 Å². The maximum atomic E-state index is 11.9. The number of piperidine rings is 1. The molecule has 0 aromatic heterocycles. The van der Waals surface area contributed by atoms with E-state index in [1.807, 2.05) is 6.92 Å². The molecule has 0 spiro atoms. The van der Waals surface area contributed by atoms with Gasteiger partial charge in [0.25, 0.3) is 0 Å². The van der Waals surface area contributed by atoms with E-state index in [-0.39, 0.29) is 48.9 Å². The standard InChI is InChI=1S/C27H50N2O7/c1-5-19(16-30)6-8-22(35-17(2)31)14-23(36-18(3)32)9-7-20-12-26(34-4)25(33)15-24(20)21-10-11-29-27(28)13-21/h19-27,29-30,33H,5-16,28H2,1-4H3/t19-,20?,21?,22-,23+,24?,25?,26?,27?/m0/s1. The van der Waals surface area contributed by atoms with Crippen LogP contribution in [0.2, 0.25) is 0 Å². The van der Waals surface area contributed by atoms with Crippen LogP contribution in [-0.4, -0.2) is 73.0 Å². The lowest BCUT2D eigenvalue weighted by atomic mass is 9.66. The number of carbonyl (C=O) groups is 2. The lowest BCUT2D eigenvalue weighted by molar-refractivity contribution is -0.153. The molecule has 210 valence electrons. The molecule has 9 heteroatoms. The van der Waals surface area contributed by atoms with E-state index in [2.05, 4.69) is 5.32 Å². The largest absolute Gasteiger partial charge is 0.462 e. The number of ether oxygens (including phenoxy) is 3. The molecular formula is C27H50N2O7. The van der Waals surface area contributed by atoms with Crippen molar-refractivity contribution >= 4 is 11.9 Å². The first-order valence-corrected chi connectivity index (χ1v) is 13.8. The first kappa shape index (κ1) is 31.0. The molecular weight excluding hydrogens is 464 g/mol. The molecule has 2 rings (SSSR count). The average Bonchev–Trinajstić information content (AvgIpc) is 2.82. The van der Waals surface area contributed by atoms with Crippen LogP contribution < -0.4 is 11.1 Å². The number of methoxy groups -OCH3 is 1. The van der Waals surface area contributed by atoms with Gasteiger partial charge in [-0.15, -0.1) is 0 Å². The van der Waals surface area contributed by atoms with Crippen molar-refractivity contribution in [2.75, 3.05) is 20.3 Å². The Labute approximate surface area is 216 Å². The summed E-state index contributed by atoms with van der Waals surface area (Å²) < 4.78 is 16.9. The second-order valence-corrected chi connectivity index (χ2v) is 10.9. The highest BCUT2D eigenvalue weighted by Crippen LogP contribution is 2.42. The summed E-state index contributed by atoms with van der Waals surface area (Å²) in [6.45, 7) is 5.81. The van der Waals surface area contributed by atoms with Crippen LogP contribution in [-0.2, 0) is 23.8 Å². The summed E-state index contributed by atoms with van der Waals surface area (Å²) in [5.41, 5.74) is 6.19. The number of nitrogens with two attached hydrogens (primary N) is 1. The number of nitrogens with one attached hydrogen (secondary N) is 1. The van der Waals surface area contributed by atoms with Gasteiger partial charge in [0.2, 0.25) is 0 Å². The summed E-state index contributed by atoms with van der Waals surface area (Å²) in [6.07, 6.45) is 6.05. The molecule has 1 saturated heterocycles. The van der Waals surface area contributed by atoms with Gasteiger partial charge < -0.3 is 35.5 Å². The predicted octanol–water partition coefficient (Wildman–Crippen LogP) is 2.51. The molecule has 9 nitrogen and oxygen atoms in total. The van der Waals surface area contributed by atoms with Crippen LogP contribution in [0, 0.1) is 23.7 Å². The van der Waals surface area contributed by atoms with Gasteiger partial charge in [-0.1, -0.05) is 13.3 Å². The molecule has 0 aromatic rings. The number of aliphatic hydroxyl groups is 2. The van der Waals surface area contributed by atoms with E-state index in [0.29, 0.717) is 43.4 Å². The van der Waals surface area contributed by atoms with Crippen LogP contribution in [0.3, 0.4) is 0 Å².